The number of hydrogen-bond acceptors (Lipinski definition) is 5. The first-order valence-electron chi connectivity index (χ1n) is 6.65. The molecule has 0 aromatic carbocycles. The molecule has 3 heterocycles. The third-order valence-electron chi connectivity index (χ3n) is 3.90. The Bertz CT molecular complexity index is 520. The highest BCUT2D eigenvalue weighted by atomic mass is 16.5. The highest BCUT2D eigenvalue weighted by Gasteiger charge is 2.38. The molecule has 0 radical (unpaired) electrons. The van der Waals surface area contributed by atoms with Crippen molar-refractivity contribution < 1.29 is 9.47 Å². The summed E-state index contributed by atoms with van der Waals surface area (Å²) in [6.45, 7) is 1.33. The Hall–Kier alpha value is -1.48. The van der Waals surface area contributed by atoms with Gasteiger partial charge in [0.25, 0.3) is 0 Å². The van der Waals surface area contributed by atoms with Crippen molar-refractivity contribution in [3.8, 4) is 6.07 Å². The molecule has 2 aliphatic heterocycles. The van der Waals surface area contributed by atoms with Crippen molar-refractivity contribution in [3.63, 3.8) is 0 Å². The van der Waals surface area contributed by atoms with Crippen LogP contribution in [0.5, 0.6) is 0 Å². The van der Waals surface area contributed by atoms with Crippen LogP contribution in [0.4, 0.5) is 0 Å². The summed E-state index contributed by atoms with van der Waals surface area (Å²) in [5.41, 5.74) is 7.97. The van der Waals surface area contributed by atoms with E-state index in [-0.39, 0.29) is 6.10 Å². The number of pyridine rings is 1. The standard InChI is InChI=1S/C14H17N3O2/c15-7-10-8-17-9-13-12(10)3-5-19-14(13,16)6-11-2-1-4-18-11/h8-9,11H,1-6,16H2. The summed E-state index contributed by atoms with van der Waals surface area (Å²) >= 11 is 0. The Morgan fingerprint density at radius 2 is 2.37 bits per heavy atom. The molecule has 1 fully saturated rings. The maximum absolute atomic E-state index is 9.15. The molecule has 1 aromatic heterocycles. The van der Waals surface area contributed by atoms with Gasteiger partial charge in [0, 0.05) is 31.0 Å². The van der Waals surface area contributed by atoms with Gasteiger partial charge in [0.2, 0.25) is 0 Å². The monoisotopic (exact) mass is 259 g/mol. The molecule has 19 heavy (non-hydrogen) atoms. The van der Waals surface area contributed by atoms with Crippen LogP contribution in [-0.2, 0) is 21.6 Å². The van der Waals surface area contributed by atoms with Crippen LogP contribution in [0.25, 0.3) is 0 Å². The Morgan fingerprint density at radius 3 is 3.11 bits per heavy atom. The Kier molecular flexibility index (Phi) is 3.23. The average molecular weight is 259 g/mol. The van der Waals surface area contributed by atoms with Crippen molar-refractivity contribution in [2.24, 2.45) is 5.73 Å². The molecule has 0 amide bonds. The van der Waals surface area contributed by atoms with Gasteiger partial charge in [-0.1, -0.05) is 0 Å². The van der Waals surface area contributed by atoms with Gasteiger partial charge in [0.1, 0.15) is 11.8 Å². The van der Waals surface area contributed by atoms with Crippen molar-refractivity contribution in [3.05, 3.63) is 29.1 Å². The molecule has 100 valence electrons. The topological polar surface area (TPSA) is 81.2 Å². The molecule has 0 spiro atoms. The summed E-state index contributed by atoms with van der Waals surface area (Å²) in [7, 11) is 0. The predicted octanol–water partition coefficient (Wildman–Crippen LogP) is 1.21. The second-order valence-electron chi connectivity index (χ2n) is 5.15. The lowest BCUT2D eigenvalue weighted by Crippen LogP contribution is -2.46. The SMILES string of the molecule is N#Cc1cncc2c1CCOC2(N)CC1CCCO1. The number of ether oxygens (including phenoxy) is 2. The highest BCUT2D eigenvalue weighted by Crippen LogP contribution is 2.35. The molecular formula is C14H17N3O2. The van der Waals surface area contributed by atoms with E-state index in [0.717, 1.165) is 30.6 Å². The molecule has 0 saturated carbocycles. The first-order valence-corrected chi connectivity index (χ1v) is 6.65. The van der Waals surface area contributed by atoms with E-state index in [0.29, 0.717) is 25.0 Å². The van der Waals surface area contributed by atoms with E-state index in [1.54, 1.807) is 12.4 Å². The fourth-order valence-electron chi connectivity index (χ4n) is 2.94. The predicted molar refractivity (Wildman–Crippen MR) is 68.1 cm³/mol. The fraction of sp³-hybridized carbons (Fsp3) is 0.571. The van der Waals surface area contributed by atoms with E-state index in [4.69, 9.17) is 20.5 Å². The number of aromatic nitrogens is 1. The number of fused-ring (bicyclic) bond motifs is 1. The van der Waals surface area contributed by atoms with Crippen LogP contribution in [0.15, 0.2) is 12.4 Å². The van der Waals surface area contributed by atoms with Crippen LogP contribution in [0.3, 0.4) is 0 Å². The van der Waals surface area contributed by atoms with E-state index in [9.17, 15) is 0 Å². The third kappa shape index (κ3) is 2.23. The Balaban J connectivity index is 1.95. The fourth-order valence-corrected chi connectivity index (χ4v) is 2.94. The molecule has 1 aromatic rings. The molecular weight excluding hydrogens is 242 g/mol. The summed E-state index contributed by atoms with van der Waals surface area (Å²) in [5.74, 6) is 0. The first kappa shape index (κ1) is 12.5. The van der Waals surface area contributed by atoms with Gasteiger partial charge in [0.05, 0.1) is 18.3 Å². The molecule has 2 N–H and O–H groups in total. The summed E-state index contributed by atoms with van der Waals surface area (Å²) in [6, 6.07) is 2.18. The van der Waals surface area contributed by atoms with Gasteiger partial charge in [-0.05, 0) is 24.8 Å². The van der Waals surface area contributed by atoms with Gasteiger partial charge < -0.3 is 9.47 Å². The van der Waals surface area contributed by atoms with Crippen molar-refractivity contribution in [1.29, 1.82) is 5.26 Å². The number of nitriles is 1. The minimum absolute atomic E-state index is 0.140. The molecule has 5 nitrogen and oxygen atoms in total. The normalized spacial score (nSPS) is 29.8. The molecule has 2 atom stereocenters. The second-order valence-corrected chi connectivity index (χ2v) is 5.15. The van der Waals surface area contributed by atoms with Gasteiger partial charge in [0.15, 0.2) is 0 Å². The van der Waals surface area contributed by atoms with Crippen molar-refractivity contribution >= 4 is 0 Å². The van der Waals surface area contributed by atoms with E-state index < -0.39 is 5.72 Å². The third-order valence-corrected chi connectivity index (χ3v) is 3.90. The first-order chi connectivity index (χ1) is 9.23. The molecule has 3 rings (SSSR count). The number of rotatable bonds is 2. The zero-order valence-electron chi connectivity index (χ0n) is 10.8. The smallest absolute Gasteiger partial charge is 0.147 e. The molecule has 0 aliphatic carbocycles. The minimum atomic E-state index is -0.873. The Morgan fingerprint density at radius 1 is 1.47 bits per heavy atom. The average Bonchev–Trinajstić information content (AvgIpc) is 2.91. The zero-order chi connectivity index (χ0) is 13.3. The lowest BCUT2D eigenvalue weighted by Gasteiger charge is -2.37. The molecule has 2 aliphatic rings. The van der Waals surface area contributed by atoms with Gasteiger partial charge >= 0.3 is 0 Å². The van der Waals surface area contributed by atoms with E-state index >= 15 is 0 Å². The maximum Gasteiger partial charge on any atom is 0.147 e. The lowest BCUT2D eigenvalue weighted by molar-refractivity contribution is -0.0876. The number of nitrogens with two attached hydrogens (primary N) is 1. The summed E-state index contributed by atoms with van der Waals surface area (Å²) < 4.78 is 11.4. The molecule has 0 bridgehead atoms. The van der Waals surface area contributed by atoms with E-state index in [2.05, 4.69) is 11.1 Å². The summed E-state index contributed by atoms with van der Waals surface area (Å²) in [4.78, 5) is 4.12. The Labute approximate surface area is 112 Å². The van der Waals surface area contributed by atoms with Crippen molar-refractivity contribution in [1.82, 2.24) is 4.98 Å². The summed E-state index contributed by atoms with van der Waals surface area (Å²) in [6.07, 6.45) is 6.89. The van der Waals surface area contributed by atoms with Crippen LogP contribution < -0.4 is 5.73 Å². The number of nitrogens with zero attached hydrogens (tertiary/aromatic N) is 2. The van der Waals surface area contributed by atoms with Crippen molar-refractivity contribution in [2.45, 2.75) is 37.5 Å². The van der Waals surface area contributed by atoms with E-state index in [1.807, 2.05) is 0 Å². The largest absolute Gasteiger partial charge is 0.378 e. The van der Waals surface area contributed by atoms with Crippen LogP contribution in [0, 0.1) is 11.3 Å². The van der Waals surface area contributed by atoms with Crippen LogP contribution >= 0.6 is 0 Å². The van der Waals surface area contributed by atoms with Crippen molar-refractivity contribution in [2.75, 3.05) is 13.2 Å². The van der Waals surface area contributed by atoms with Gasteiger partial charge in [-0.2, -0.15) is 5.26 Å². The quantitative estimate of drug-likeness (QED) is 0.863. The maximum atomic E-state index is 9.15. The summed E-state index contributed by atoms with van der Waals surface area (Å²) in [5, 5.41) is 9.15. The highest BCUT2D eigenvalue weighted by molar-refractivity contribution is 5.43. The van der Waals surface area contributed by atoms with Crippen LogP contribution in [0.2, 0.25) is 0 Å². The van der Waals surface area contributed by atoms with Gasteiger partial charge in [-0.3, -0.25) is 10.7 Å². The lowest BCUT2D eigenvalue weighted by atomic mass is 9.88. The minimum Gasteiger partial charge on any atom is -0.378 e. The van der Waals surface area contributed by atoms with Gasteiger partial charge in [-0.25, -0.2) is 0 Å². The second kappa shape index (κ2) is 4.89. The van der Waals surface area contributed by atoms with Crippen LogP contribution in [-0.4, -0.2) is 24.3 Å². The zero-order valence-corrected chi connectivity index (χ0v) is 10.8. The number of hydrogen-bond donors (Lipinski definition) is 1. The molecule has 1 saturated heterocycles. The van der Waals surface area contributed by atoms with E-state index in [1.165, 1.54) is 0 Å². The van der Waals surface area contributed by atoms with Crippen LogP contribution in [0.1, 0.15) is 36.0 Å². The van der Waals surface area contributed by atoms with Gasteiger partial charge in [-0.15, -0.1) is 0 Å². The molecule has 5 heteroatoms. The molecule has 2 unspecified atom stereocenters.